The molecule has 0 bridgehead atoms. The van der Waals surface area contributed by atoms with Crippen LogP contribution in [0.4, 0.5) is 0 Å². The highest BCUT2D eigenvalue weighted by atomic mass is 15.0. The lowest BCUT2D eigenvalue weighted by molar-refractivity contribution is 0.548. The van der Waals surface area contributed by atoms with Gasteiger partial charge in [-0.2, -0.15) is 0 Å². The number of rotatable bonds is 0. The van der Waals surface area contributed by atoms with Crippen molar-refractivity contribution in [2.75, 3.05) is 6.54 Å². The first-order valence-electron chi connectivity index (χ1n) is 5.97. The molecular weight excluding hydrogens is 196 g/mol. The third-order valence-electron chi connectivity index (χ3n) is 3.73. The largest absolute Gasteiger partial charge is 0.347 e. The molecule has 3 rings (SSSR count). The van der Waals surface area contributed by atoms with Crippen LogP contribution >= 0.6 is 0 Å². The fourth-order valence-corrected chi connectivity index (χ4v) is 2.97. The van der Waals surface area contributed by atoms with E-state index in [0.29, 0.717) is 5.92 Å². The van der Waals surface area contributed by atoms with Crippen molar-refractivity contribution in [1.29, 1.82) is 0 Å². The van der Waals surface area contributed by atoms with Gasteiger partial charge in [0.05, 0.1) is 0 Å². The second kappa shape index (κ2) is 3.36. The fraction of sp³-hybridized carbons (Fsp3) is 0.429. The van der Waals surface area contributed by atoms with Gasteiger partial charge in [0.25, 0.3) is 0 Å². The molecule has 1 N–H and O–H groups in total. The average molecular weight is 214 g/mol. The summed E-state index contributed by atoms with van der Waals surface area (Å²) >= 11 is 0. The minimum Gasteiger partial charge on any atom is -0.347 e. The highest BCUT2D eigenvalue weighted by Crippen LogP contribution is 2.32. The zero-order valence-corrected chi connectivity index (χ0v) is 10.2. The maximum Gasteiger partial charge on any atom is 0.0486 e. The summed E-state index contributed by atoms with van der Waals surface area (Å²) in [5.74, 6) is 0.612. The molecule has 2 heteroatoms. The van der Waals surface area contributed by atoms with E-state index in [9.17, 15) is 0 Å². The molecule has 1 aromatic carbocycles. The van der Waals surface area contributed by atoms with Gasteiger partial charge in [-0.3, -0.25) is 0 Å². The Kier molecular flexibility index (Phi) is 2.08. The lowest BCUT2D eigenvalue weighted by Crippen LogP contribution is -2.27. The molecule has 1 aliphatic heterocycles. The third kappa shape index (κ3) is 1.23. The molecule has 0 radical (unpaired) electrons. The Labute approximate surface area is 96.3 Å². The number of hydrogen-bond donors (Lipinski definition) is 1. The summed E-state index contributed by atoms with van der Waals surface area (Å²) in [6, 6.07) is 6.77. The van der Waals surface area contributed by atoms with Crippen LogP contribution in [-0.4, -0.2) is 11.1 Å². The Hall–Kier alpha value is -1.28. The number of hydrogen-bond acceptors (Lipinski definition) is 1. The number of aromatic nitrogens is 1. The first kappa shape index (κ1) is 9.91. The molecule has 0 saturated carbocycles. The highest BCUT2D eigenvalue weighted by molar-refractivity contribution is 5.86. The van der Waals surface area contributed by atoms with Crippen LogP contribution in [0, 0.1) is 6.92 Å². The number of aryl methyl sites for hydroxylation is 2. The maximum absolute atomic E-state index is 3.50. The van der Waals surface area contributed by atoms with Gasteiger partial charge in [0, 0.05) is 42.7 Å². The van der Waals surface area contributed by atoms with Crippen molar-refractivity contribution < 1.29 is 0 Å². The monoisotopic (exact) mass is 214 g/mol. The molecule has 84 valence electrons. The van der Waals surface area contributed by atoms with Crippen LogP contribution in [0.1, 0.15) is 29.7 Å². The SMILES string of the molecule is Cc1ccc2c3c(n(C)c2c1)C(C)CNC3. The van der Waals surface area contributed by atoms with Crippen molar-refractivity contribution in [2.24, 2.45) is 7.05 Å². The Morgan fingerprint density at radius 3 is 3.00 bits per heavy atom. The Bertz CT molecular complexity index is 551. The number of nitrogens with zero attached hydrogens (tertiary/aromatic N) is 1. The molecule has 1 atom stereocenters. The summed E-state index contributed by atoms with van der Waals surface area (Å²) in [5.41, 5.74) is 5.72. The summed E-state index contributed by atoms with van der Waals surface area (Å²) < 4.78 is 2.38. The zero-order chi connectivity index (χ0) is 11.3. The molecule has 0 amide bonds. The molecule has 1 unspecified atom stereocenters. The van der Waals surface area contributed by atoms with Crippen LogP contribution in [0.25, 0.3) is 10.9 Å². The van der Waals surface area contributed by atoms with Crippen LogP contribution in [0.2, 0.25) is 0 Å². The maximum atomic E-state index is 3.50. The van der Waals surface area contributed by atoms with Crippen LogP contribution in [0.15, 0.2) is 18.2 Å². The molecular formula is C14H18N2. The molecule has 0 aliphatic carbocycles. The van der Waals surface area contributed by atoms with Gasteiger partial charge < -0.3 is 9.88 Å². The predicted molar refractivity (Wildman–Crippen MR) is 67.8 cm³/mol. The van der Waals surface area contributed by atoms with E-state index < -0.39 is 0 Å². The third-order valence-corrected chi connectivity index (χ3v) is 3.73. The van der Waals surface area contributed by atoms with Crippen molar-refractivity contribution in [3.63, 3.8) is 0 Å². The normalized spacial score (nSPS) is 20.1. The van der Waals surface area contributed by atoms with E-state index in [1.165, 1.54) is 27.7 Å². The van der Waals surface area contributed by atoms with Gasteiger partial charge in [0.2, 0.25) is 0 Å². The van der Waals surface area contributed by atoms with E-state index in [0.717, 1.165) is 13.1 Å². The molecule has 2 heterocycles. The first-order chi connectivity index (χ1) is 7.68. The first-order valence-corrected chi connectivity index (χ1v) is 5.97. The molecule has 2 nitrogen and oxygen atoms in total. The van der Waals surface area contributed by atoms with Crippen molar-refractivity contribution in [3.8, 4) is 0 Å². The van der Waals surface area contributed by atoms with E-state index in [4.69, 9.17) is 0 Å². The predicted octanol–water partition coefficient (Wildman–Crippen LogP) is 2.69. The van der Waals surface area contributed by atoms with E-state index in [1.54, 1.807) is 0 Å². The molecule has 0 spiro atoms. The molecule has 1 aromatic heterocycles. The van der Waals surface area contributed by atoms with Crippen LogP contribution in [-0.2, 0) is 13.6 Å². The quantitative estimate of drug-likeness (QED) is 0.713. The van der Waals surface area contributed by atoms with Crippen molar-refractivity contribution in [3.05, 3.63) is 35.0 Å². The lowest BCUT2D eigenvalue weighted by atomic mass is 9.98. The van der Waals surface area contributed by atoms with Gasteiger partial charge >= 0.3 is 0 Å². The molecule has 1 aliphatic rings. The minimum atomic E-state index is 0.612. The molecule has 16 heavy (non-hydrogen) atoms. The van der Waals surface area contributed by atoms with Gasteiger partial charge in [-0.15, -0.1) is 0 Å². The van der Waals surface area contributed by atoms with Crippen molar-refractivity contribution >= 4 is 10.9 Å². The van der Waals surface area contributed by atoms with E-state index in [-0.39, 0.29) is 0 Å². The minimum absolute atomic E-state index is 0.612. The van der Waals surface area contributed by atoms with Crippen molar-refractivity contribution in [1.82, 2.24) is 9.88 Å². The topological polar surface area (TPSA) is 17.0 Å². The Balaban J connectivity index is 2.38. The average Bonchev–Trinajstić information content (AvgIpc) is 2.54. The van der Waals surface area contributed by atoms with Gasteiger partial charge in [-0.05, 0) is 24.1 Å². The van der Waals surface area contributed by atoms with Gasteiger partial charge in [0.1, 0.15) is 0 Å². The summed E-state index contributed by atoms with van der Waals surface area (Å²) in [5, 5.41) is 4.92. The second-order valence-electron chi connectivity index (χ2n) is 4.98. The van der Waals surface area contributed by atoms with Gasteiger partial charge in [0.15, 0.2) is 0 Å². The number of fused-ring (bicyclic) bond motifs is 3. The van der Waals surface area contributed by atoms with Gasteiger partial charge in [-0.1, -0.05) is 19.1 Å². The van der Waals surface area contributed by atoms with E-state index in [1.807, 2.05) is 0 Å². The Morgan fingerprint density at radius 1 is 1.38 bits per heavy atom. The fourth-order valence-electron chi connectivity index (χ4n) is 2.97. The zero-order valence-electron chi connectivity index (χ0n) is 10.2. The van der Waals surface area contributed by atoms with Crippen LogP contribution in [0.5, 0.6) is 0 Å². The summed E-state index contributed by atoms with van der Waals surface area (Å²) in [7, 11) is 2.20. The number of benzene rings is 1. The summed E-state index contributed by atoms with van der Waals surface area (Å²) in [6.07, 6.45) is 0. The highest BCUT2D eigenvalue weighted by Gasteiger charge is 2.22. The van der Waals surface area contributed by atoms with E-state index >= 15 is 0 Å². The van der Waals surface area contributed by atoms with Crippen molar-refractivity contribution in [2.45, 2.75) is 26.3 Å². The second-order valence-corrected chi connectivity index (χ2v) is 4.98. The van der Waals surface area contributed by atoms with Crippen LogP contribution in [0.3, 0.4) is 0 Å². The molecule has 0 fully saturated rings. The Morgan fingerprint density at radius 2 is 2.19 bits per heavy atom. The molecule has 0 saturated heterocycles. The van der Waals surface area contributed by atoms with Crippen LogP contribution < -0.4 is 5.32 Å². The lowest BCUT2D eigenvalue weighted by Gasteiger charge is -2.21. The standard InChI is InChI=1S/C14H18N2/c1-9-4-5-11-12-8-15-7-10(2)14(12)16(3)13(11)6-9/h4-6,10,15H,7-8H2,1-3H3. The summed E-state index contributed by atoms with van der Waals surface area (Å²) in [4.78, 5) is 0. The number of nitrogens with one attached hydrogen (secondary N) is 1. The molecule has 2 aromatic rings. The van der Waals surface area contributed by atoms with E-state index in [2.05, 4.69) is 49.0 Å². The van der Waals surface area contributed by atoms with Gasteiger partial charge in [-0.25, -0.2) is 0 Å². The summed E-state index contributed by atoms with van der Waals surface area (Å²) in [6.45, 7) is 6.57. The smallest absolute Gasteiger partial charge is 0.0486 e.